The summed E-state index contributed by atoms with van der Waals surface area (Å²) < 4.78 is 59.0. The first kappa shape index (κ1) is 20.6. The molecule has 0 bridgehead atoms. The van der Waals surface area contributed by atoms with Crippen LogP contribution in [-0.2, 0) is 33.0 Å². The smallest absolute Gasteiger partial charge is 0.261 e. The summed E-state index contributed by atoms with van der Waals surface area (Å²) in [5, 5.41) is 0. The van der Waals surface area contributed by atoms with E-state index in [1.807, 2.05) is 13.0 Å². The number of ether oxygens (including phenoxy) is 1. The fourth-order valence-corrected chi connectivity index (χ4v) is 5.72. The fraction of sp³-hybridized carbons (Fsp3) is 0.368. The van der Waals surface area contributed by atoms with Gasteiger partial charge in [0.2, 0.25) is 10.0 Å². The number of anilines is 1. The lowest BCUT2D eigenvalue weighted by Crippen LogP contribution is -2.37. The van der Waals surface area contributed by atoms with E-state index in [1.54, 1.807) is 24.3 Å². The van der Waals surface area contributed by atoms with E-state index in [1.165, 1.54) is 23.5 Å². The van der Waals surface area contributed by atoms with Gasteiger partial charge in [-0.1, -0.05) is 13.0 Å². The summed E-state index contributed by atoms with van der Waals surface area (Å²) >= 11 is 0. The summed E-state index contributed by atoms with van der Waals surface area (Å²) in [6.07, 6.45) is 1.18. The number of nitrogens with zero attached hydrogens (tertiary/aromatic N) is 1. The molecule has 1 heterocycles. The van der Waals surface area contributed by atoms with Gasteiger partial charge in [-0.15, -0.1) is 0 Å². The number of hydrogen-bond donors (Lipinski definition) is 1. The Hall–Kier alpha value is -2.10. The zero-order chi connectivity index (χ0) is 20.4. The SMILES string of the molecule is CCCS(=O)(=O)N1CCc2ccc(NS(=O)(=O)c3ccc(OC)cc3)cc2C1. The number of methoxy groups -OCH3 is 1. The van der Waals surface area contributed by atoms with Gasteiger partial charge in [-0.05, 0) is 60.4 Å². The highest BCUT2D eigenvalue weighted by Gasteiger charge is 2.26. The van der Waals surface area contributed by atoms with Gasteiger partial charge in [0.05, 0.1) is 17.8 Å². The Labute approximate surface area is 166 Å². The number of nitrogens with one attached hydrogen (secondary N) is 1. The van der Waals surface area contributed by atoms with Gasteiger partial charge in [-0.2, -0.15) is 4.31 Å². The van der Waals surface area contributed by atoms with Crippen LogP contribution in [0, 0.1) is 0 Å². The van der Waals surface area contributed by atoms with Crippen LogP contribution in [0.15, 0.2) is 47.4 Å². The molecule has 0 saturated carbocycles. The second-order valence-corrected chi connectivity index (χ2v) is 10.4. The molecule has 0 fully saturated rings. The summed E-state index contributed by atoms with van der Waals surface area (Å²) in [6.45, 7) is 2.55. The topological polar surface area (TPSA) is 92.8 Å². The molecule has 0 aromatic heterocycles. The van der Waals surface area contributed by atoms with Gasteiger partial charge < -0.3 is 4.74 Å². The fourth-order valence-electron chi connectivity index (χ4n) is 3.19. The molecule has 0 saturated heterocycles. The van der Waals surface area contributed by atoms with Crippen molar-refractivity contribution in [2.75, 3.05) is 24.1 Å². The minimum absolute atomic E-state index is 0.117. The van der Waals surface area contributed by atoms with Gasteiger partial charge in [-0.25, -0.2) is 16.8 Å². The molecule has 1 aliphatic rings. The highest BCUT2D eigenvalue weighted by Crippen LogP contribution is 2.26. The molecule has 0 unspecified atom stereocenters. The van der Waals surface area contributed by atoms with E-state index in [9.17, 15) is 16.8 Å². The van der Waals surface area contributed by atoms with E-state index < -0.39 is 20.0 Å². The summed E-state index contributed by atoms with van der Waals surface area (Å²) in [5.74, 6) is 0.688. The number of fused-ring (bicyclic) bond motifs is 1. The van der Waals surface area contributed by atoms with Gasteiger partial charge in [0.15, 0.2) is 0 Å². The summed E-state index contributed by atoms with van der Waals surface area (Å²) in [6, 6.07) is 11.4. The minimum atomic E-state index is -3.75. The number of benzene rings is 2. The number of rotatable bonds is 7. The molecule has 0 radical (unpaired) electrons. The van der Waals surface area contributed by atoms with Crippen LogP contribution >= 0.6 is 0 Å². The Morgan fingerprint density at radius 3 is 2.39 bits per heavy atom. The Kier molecular flexibility index (Phi) is 5.97. The molecule has 3 rings (SSSR count). The van der Waals surface area contributed by atoms with E-state index in [0.717, 1.165) is 11.1 Å². The van der Waals surface area contributed by atoms with Crippen LogP contribution in [0.4, 0.5) is 5.69 Å². The molecule has 0 spiro atoms. The largest absolute Gasteiger partial charge is 0.497 e. The van der Waals surface area contributed by atoms with Crippen LogP contribution < -0.4 is 9.46 Å². The second kappa shape index (κ2) is 8.10. The lowest BCUT2D eigenvalue weighted by molar-refractivity contribution is 0.391. The normalized spacial score (nSPS) is 15.1. The summed E-state index contributed by atoms with van der Waals surface area (Å²) in [7, 11) is -5.53. The molecular weight excluding hydrogens is 400 g/mol. The average Bonchev–Trinajstić information content (AvgIpc) is 2.67. The summed E-state index contributed by atoms with van der Waals surface area (Å²) in [4.78, 5) is 0.123. The molecule has 0 atom stereocenters. The van der Waals surface area contributed by atoms with Crippen LogP contribution in [0.5, 0.6) is 5.75 Å². The highest BCUT2D eigenvalue weighted by molar-refractivity contribution is 7.92. The van der Waals surface area contributed by atoms with Crippen molar-refractivity contribution in [1.82, 2.24) is 4.31 Å². The average molecular weight is 425 g/mol. The molecule has 2 aromatic rings. The predicted octanol–water partition coefficient (Wildman–Crippen LogP) is 2.59. The van der Waals surface area contributed by atoms with Crippen molar-refractivity contribution in [3.05, 3.63) is 53.6 Å². The molecule has 9 heteroatoms. The van der Waals surface area contributed by atoms with Crippen molar-refractivity contribution in [3.63, 3.8) is 0 Å². The van der Waals surface area contributed by atoms with Crippen molar-refractivity contribution in [1.29, 1.82) is 0 Å². The quantitative estimate of drug-likeness (QED) is 0.737. The van der Waals surface area contributed by atoms with E-state index in [2.05, 4.69) is 4.72 Å². The third kappa shape index (κ3) is 4.48. The Bertz CT molecular complexity index is 1050. The Morgan fingerprint density at radius 1 is 1.04 bits per heavy atom. The molecule has 28 heavy (non-hydrogen) atoms. The van der Waals surface area contributed by atoms with E-state index in [4.69, 9.17) is 4.74 Å². The molecule has 0 aliphatic carbocycles. The van der Waals surface area contributed by atoms with Gasteiger partial charge in [-0.3, -0.25) is 4.72 Å². The van der Waals surface area contributed by atoms with Crippen LogP contribution in [0.25, 0.3) is 0 Å². The molecule has 152 valence electrons. The third-order valence-electron chi connectivity index (χ3n) is 4.66. The first-order valence-electron chi connectivity index (χ1n) is 9.01. The third-order valence-corrected chi connectivity index (χ3v) is 8.08. The van der Waals surface area contributed by atoms with Crippen molar-refractivity contribution < 1.29 is 21.6 Å². The number of sulfonamides is 2. The van der Waals surface area contributed by atoms with Crippen molar-refractivity contribution in [3.8, 4) is 5.75 Å². The monoisotopic (exact) mass is 424 g/mol. The zero-order valence-corrected chi connectivity index (χ0v) is 17.5. The maximum absolute atomic E-state index is 12.6. The maximum atomic E-state index is 12.6. The van der Waals surface area contributed by atoms with Gasteiger partial charge in [0, 0.05) is 18.8 Å². The predicted molar refractivity (Wildman–Crippen MR) is 108 cm³/mol. The van der Waals surface area contributed by atoms with Gasteiger partial charge in [0.25, 0.3) is 10.0 Å². The van der Waals surface area contributed by atoms with Crippen molar-refractivity contribution >= 4 is 25.7 Å². The molecule has 1 N–H and O–H groups in total. The van der Waals surface area contributed by atoms with E-state index in [0.29, 0.717) is 30.8 Å². The van der Waals surface area contributed by atoms with Crippen LogP contribution in [0.2, 0.25) is 0 Å². The van der Waals surface area contributed by atoms with E-state index >= 15 is 0 Å². The Morgan fingerprint density at radius 2 is 1.75 bits per heavy atom. The van der Waals surface area contributed by atoms with Crippen LogP contribution in [-0.4, -0.2) is 40.5 Å². The summed E-state index contributed by atoms with van der Waals surface area (Å²) in [5.41, 5.74) is 2.26. The van der Waals surface area contributed by atoms with Gasteiger partial charge >= 0.3 is 0 Å². The Balaban J connectivity index is 1.81. The molecule has 2 aromatic carbocycles. The zero-order valence-electron chi connectivity index (χ0n) is 15.9. The van der Waals surface area contributed by atoms with Crippen molar-refractivity contribution in [2.45, 2.75) is 31.2 Å². The number of hydrogen-bond acceptors (Lipinski definition) is 5. The maximum Gasteiger partial charge on any atom is 0.261 e. The standard InChI is InChI=1S/C19H24N2O5S2/c1-3-12-27(22,23)21-11-10-15-4-5-17(13-16(15)14-21)20-28(24,25)19-8-6-18(26-2)7-9-19/h4-9,13,20H,3,10-12,14H2,1-2H3. The first-order chi connectivity index (χ1) is 13.2. The van der Waals surface area contributed by atoms with Gasteiger partial charge in [0.1, 0.15) is 5.75 Å². The molecule has 0 amide bonds. The molecular formula is C19H24N2O5S2. The molecule has 1 aliphatic heterocycles. The first-order valence-corrected chi connectivity index (χ1v) is 12.1. The lowest BCUT2D eigenvalue weighted by atomic mass is 10.0. The van der Waals surface area contributed by atoms with Crippen molar-refractivity contribution in [2.24, 2.45) is 0 Å². The van der Waals surface area contributed by atoms with E-state index in [-0.39, 0.29) is 17.2 Å². The van der Waals surface area contributed by atoms with Crippen LogP contribution in [0.1, 0.15) is 24.5 Å². The second-order valence-electron chi connectivity index (χ2n) is 6.66. The van der Waals surface area contributed by atoms with Crippen LogP contribution in [0.3, 0.4) is 0 Å². The molecule has 7 nitrogen and oxygen atoms in total. The lowest BCUT2D eigenvalue weighted by Gasteiger charge is -2.28. The highest BCUT2D eigenvalue weighted by atomic mass is 32.2. The minimum Gasteiger partial charge on any atom is -0.497 e.